The molecule has 106 valence electrons. The van der Waals surface area contributed by atoms with Crippen LogP contribution >= 0.6 is 11.6 Å². The van der Waals surface area contributed by atoms with Crippen LogP contribution in [0.2, 0.25) is 5.02 Å². The number of hydrogen-bond donors (Lipinski definition) is 1. The topological polar surface area (TPSA) is 38.5 Å². The zero-order valence-electron chi connectivity index (χ0n) is 11.6. The summed E-state index contributed by atoms with van der Waals surface area (Å²) in [6.45, 7) is 3.23. The molecule has 1 fully saturated rings. The van der Waals surface area contributed by atoms with Crippen LogP contribution in [0.3, 0.4) is 0 Å². The fraction of sp³-hybridized carbons (Fsp3) is 0.600. The number of nitrogens with zero attached hydrogens (tertiary/aromatic N) is 1. The van der Waals surface area contributed by atoms with Gasteiger partial charge < -0.3 is 15.4 Å². The first-order valence-corrected chi connectivity index (χ1v) is 7.36. The summed E-state index contributed by atoms with van der Waals surface area (Å²) in [6.07, 6.45) is 3.53. The van der Waals surface area contributed by atoms with Gasteiger partial charge in [-0.3, -0.25) is 0 Å². The predicted molar refractivity (Wildman–Crippen MR) is 81.0 cm³/mol. The number of rotatable bonds is 8. The van der Waals surface area contributed by atoms with Crippen molar-refractivity contribution in [3.63, 3.8) is 0 Å². The lowest BCUT2D eigenvalue weighted by Crippen LogP contribution is -2.24. The zero-order valence-corrected chi connectivity index (χ0v) is 12.3. The van der Waals surface area contributed by atoms with Gasteiger partial charge in [0.25, 0.3) is 0 Å². The van der Waals surface area contributed by atoms with Crippen LogP contribution in [0.1, 0.15) is 18.4 Å². The molecule has 0 heterocycles. The minimum Gasteiger partial charge on any atom is -0.379 e. The van der Waals surface area contributed by atoms with Gasteiger partial charge in [-0.25, -0.2) is 0 Å². The minimum atomic E-state index is 0.638. The van der Waals surface area contributed by atoms with Crippen molar-refractivity contribution < 1.29 is 4.74 Å². The first-order valence-electron chi connectivity index (χ1n) is 6.98. The number of benzene rings is 1. The fourth-order valence-electron chi connectivity index (χ4n) is 2.14. The summed E-state index contributed by atoms with van der Waals surface area (Å²) in [4.78, 5) is 2.22. The van der Waals surface area contributed by atoms with Crippen molar-refractivity contribution in [1.82, 2.24) is 0 Å². The molecule has 1 aliphatic rings. The standard InChI is InChI=1S/C15H23ClN2O/c1-18(8-9-19-11-12-2-3-12)15-5-4-14(16)10-13(15)6-7-17/h4-5,10,12H,2-3,6-9,11,17H2,1H3. The molecule has 0 radical (unpaired) electrons. The van der Waals surface area contributed by atoms with Crippen LogP contribution in [0.15, 0.2) is 18.2 Å². The van der Waals surface area contributed by atoms with Crippen LogP contribution in [0.5, 0.6) is 0 Å². The maximum atomic E-state index is 6.04. The average Bonchev–Trinajstić information content (AvgIpc) is 3.19. The van der Waals surface area contributed by atoms with Gasteiger partial charge in [0.05, 0.1) is 6.61 Å². The lowest BCUT2D eigenvalue weighted by molar-refractivity contribution is 0.131. The van der Waals surface area contributed by atoms with Gasteiger partial charge in [-0.05, 0) is 55.5 Å². The molecule has 0 saturated heterocycles. The molecule has 0 atom stereocenters. The molecule has 4 heteroatoms. The Morgan fingerprint density at radius 1 is 1.42 bits per heavy atom. The van der Waals surface area contributed by atoms with Gasteiger partial charge in [-0.15, -0.1) is 0 Å². The van der Waals surface area contributed by atoms with E-state index in [0.29, 0.717) is 6.54 Å². The van der Waals surface area contributed by atoms with E-state index in [1.54, 1.807) is 0 Å². The van der Waals surface area contributed by atoms with E-state index in [0.717, 1.165) is 37.1 Å². The molecular weight excluding hydrogens is 260 g/mol. The maximum absolute atomic E-state index is 6.04. The number of anilines is 1. The zero-order chi connectivity index (χ0) is 13.7. The van der Waals surface area contributed by atoms with E-state index in [4.69, 9.17) is 22.1 Å². The van der Waals surface area contributed by atoms with Crippen LogP contribution in [0.4, 0.5) is 5.69 Å². The third-order valence-corrected chi connectivity index (χ3v) is 3.72. The molecule has 1 aliphatic carbocycles. The van der Waals surface area contributed by atoms with Crippen LogP contribution in [-0.4, -0.2) is 33.4 Å². The molecule has 2 N–H and O–H groups in total. The van der Waals surface area contributed by atoms with E-state index < -0.39 is 0 Å². The molecule has 0 spiro atoms. The average molecular weight is 283 g/mol. The van der Waals surface area contributed by atoms with Crippen molar-refractivity contribution >= 4 is 17.3 Å². The highest BCUT2D eigenvalue weighted by molar-refractivity contribution is 6.30. The van der Waals surface area contributed by atoms with Crippen molar-refractivity contribution in [3.8, 4) is 0 Å². The molecule has 1 aromatic rings. The van der Waals surface area contributed by atoms with Gasteiger partial charge in [0.1, 0.15) is 0 Å². The summed E-state index contributed by atoms with van der Waals surface area (Å²) in [6, 6.07) is 6.00. The van der Waals surface area contributed by atoms with Gasteiger partial charge in [0.2, 0.25) is 0 Å². The van der Waals surface area contributed by atoms with Crippen molar-refractivity contribution in [2.24, 2.45) is 11.7 Å². The minimum absolute atomic E-state index is 0.638. The van der Waals surface area contributed by atoms with Crippen molar-refractivity contribution in [2.45, 2.75) is 19.3 Å². The van der Waals surface area contributed by atoms with Crippen molar-refractivity contribution in [3.05, 3.63) is 28.8 Å². The molecule has 0 aromatic heterocycles. The first kappa shape index (κ1) is 14.6. The predicted octanol–water partition coefficient (Wildman–Crippen LogP) is 2.70. The quantitative estimate of drug-likeness (QED) is 0.745. The molecule has 2 rings (SSSR count). The third-order valence-electron chi connectivity index (χ3n) is 3.49. The van der Waals surface area contributed by atoms with Gasteiger partial charge in [-0.1, -0.05) is 11.6 Å². The highest BCUT2D eigenvalue weighted by Crippen LogP contribution is 2.28. The summed E-state index contributed by atoms with van der Waals surface area (Å²) in [5, 5.41) is 0.769. The van der Waals surface area contributed by atoms with Crippen molar-refractivity contribution in [2.75, 3.05) is 38.3 Å². The van der Waals surface area contributed by atoms with Crippen LogP contribution < -0.4 is 10.6 Å². The molecule has 0 aliphatic heterocycles. The number of nitrogens with two attached hydrogens (primary N) is 1. The van der Waals surface area contributed by atoms with Crippen LogP contribution in [0.25, 0.3) is 0 Å². The molecule has 1 aromatic carbocycles. The Morgan fingerprint density at radius 3 is 2.89 bits per heavy atom. The molecule has 3 nitrogen and oxygen atoms in total. The largest absolute Gasteiger partial charge is 0.379 e. The summed E-state index contributed by atoms with van der Waals surface area (Å²) >= 11 is 6.04. The number of halogens is 1. The second-order valence-electron chi connectivity index (χ2n) is 5.25. The lowest BCUT2D eigenvalue weighted by Gasteiger charge is -2.22. The van der Waals surface area contributed by atoms with E-state index >= 15 is 0 Å². The normalized spacial score (nSPS) is 14.7. The molecule has 0 bridgehead atoms. The van der Waals surface area contributed by atoms with Gasteiger partial charge in [0, 0.05) is 30.9 Å². The van der Waals surface area contributed by atoms with E-state index in [1.165, 1.54) is 24.1 Å². The number of likely N-dealkylation sites (N-methyl/N-ethyl adjacent to an activating group) is 1. The molecule has 0 amide bonds. The van der Waals surface area contributed by atoms with Crippen molar-refractivity contribution in [1.29, 1.82) is 0 Å². The second-order valence-corrected chi connectivity index (χ2v) is 5.69. The Labute approximate surface area is 120 Å². The number of hydrogen-bond acceptors (Lipinski definition) is 3. The van der Waals surface area contributed by atoms with E-state index in [1.807, 2.05) is 12.1 Å². The van der Waals surface area contributed by atoms with Crippen LogP contribution in [0, 0.1) is 5.92 Å². The lowest BCUT2D eigenvalue weighted by atomic mass is 10.1. The Hall–Kier alpha value is -0.770. The van der Waals surface area contributed by atoms with Gasteiger partial charge in [0.15, 0.2) is 0 Å². The van der Waals surface area contributed by atoms with E-state index in [-0.39, 0.29) is 0 Å². The van der Waals surface area contributed by atoms with Gasteiger partial charge >= 0.3 is 0 Å². The highest BCUT2D eigenvalue weighted by atomic mass is 35.5. The monoisotopic (exact) mass is 282 g/mol. The summed E-state index contributed by atoms with van der Waals surface area (Å²) in [5.41, 5.74) is 8.06. The molecule has 19 heavy (non-hydrogen) atoms. The van der Waals surface area contributed by atoms with E-state index in [9.17, 15) is 0 Å². The molecular formula is C15H23ClN2O. The van der Waals surface area contributed by atoms with E-state index in [2.05, 4.69) is 18.0 Å². The fourth-order valence-corrected chi connectivity index (χ4v) is 2.33. The summed E-state index contributed by atoms with van der Waals surface area (Å²) in [5.74, 6) is 0.827. The first-order chi connectivity index (χ1) is 9.20. The summed E-state index contributed by atoms with van der Waals surface area (Å²) in [7, 11) is 2.09. The van der Waals surface area contributed by atoms with Crippen LogP contribution in [-0.2, 0) is 11.2 Å². The Balaban J connectivity index is 1.86. The SMILES string of the molecule is CN(CCOCC1CC1)c1ccc(Cl)cc1CCN. The Morgan fingerprint density at radius 2 is 2.21 bits per heavy atom. The Kier molecular flexibility index (Phi) is 5.49. The molecule has 0 unspecified atom stereocenters. The number of ether oxygens (including phenoxy) is 1. The molecule has 1 saturated carbocycles. The second kappa shape index (κ2) is 7.13. The summed E-state index contributed by atoms with van der Waals surface area (Å²) < 4.78 is 5.68. The third kappa shape index (κ3) is 4.68. The van der Waals surface area contributed by atoms with Gasteiger partial charge in [-0.2, -0.15) is 0 Å². The highest BCUT2D eigenvalue weighted by Gasteiger charge is 2.21. The smallest absolute Gasteiger partial charge is 0.0641 e. The maximum Gasteiger partial charge on any atom is 0.0641 e. The Bertz CT molecular complexity index is 407.